The first-order chi connectivity index (χ1) is 12.2. The lowest BCUT2D eigenvalue weighted by Crippen LogP contribution is -2.30. The maximum Gasteiger partial charge on any atom is 0.253 e. The second kappa shape index (κ2) is 6.64. The van der Waals surface area contributed by atoms with Gasteiger partial charge in [0.1, 0.15) is 6.33 Å². The van der Waals surface area contributed by atoms with E-state index in [0.717, 1.165) is 18.4 Å². The van der Waals surface area contributed by atoms with Crippen LogP contribution in [0.2, 0.25) is 5.02 Å². The molecule has 0 radical (unpaired) electrons. The molecular weight excluding hydrogens is 338 g/mol. The lowest BCUT2D eigenvalue weighted by molar-refractivity contribution is 0.0931. The Morgan fingerprint density at radius 1 is 1.16 bits per heavy atom. The van der Waals surface area contributed by atoms with Crippen LogP contribution in [0.15, 0.2) is 54.9 Å². The molecule has 1 heterocycles. The Bertz CT molecular complexity index is 875. The van der Waals surface area contributed by atoms with E-state index in [1.807, 2.05) is 42.5 Å². The SMILES string of the molecule is O=C(NC(c1ccc(Cl)cc1)C1CC1)c1ccccc1-n1cnnn1. The number of hydrogen-bond donors (Lipinski definition) is 1. The van der Waals surface area contributed by atoms with Gasteiger partial charge >= 0.3 is 0 Å². The summed E-state index contributed by atoms with van der Waals surface area (Å²) >= 11 is 5.98. The highest BCUT2D eigenvalue weighted by Gasteiger charge is 2.34. The maximum atomic E-state index is 12.9. The normalized spacial score (nSPS) is 14.9. The molecule has 3 aromatic rings. The number of carbonyl (C=O) groups is 1. The number of hydrogen-bond acceptors (Lipinski definition) is 4. The lowest BCUT2D eigenvalue weighted by Gasteiger charge is -2.20. The van der Waals surface area contributed by atoms with Gasteiger partial charge in [0.15, 0.2) is 0 Å². The van der Waals surface area contributed by atoms with Crippen LogP contribution in [0.25, 0.3) is 5.69 Å². The standard InChI is InChI=1S/C18H16ClN5O/c19-14-9-7-13(8-10-14)17(12-5-6-12)21-18(25)15-3-1-2-4-16(15)24-11-20-22-23-24/h1-4,7-12,17H,5-6H2,(H,21,25). The van der Waals surface area contributed by atoms with Crippen LogP contribution in [0.3, 0.4) is 0 Å². The van der Waals surface area contributed by atoms with E-state index in [1.165, 1.54) is 11.0 Å². The van der Waals surface area contributed by atoms with Crippen molar-refractivity contribution < 1.29 is 4.79 Å². The van der Waals surface area contributed by atoms with Gasteiger partial charge in [0.2, 0.25) is 0 Å². The van der Waals surface area contributed by atoms with E-state index < -0.39 is 0 Å². The van der Waals surface area contributed by atoms with E-state index in [9.17, 15) is 4.79 Å². The van der Waals surface area contributed by atoms with Crippen molar-refractivity contribution in [3.05, 3.63) is 71.0 Å². The Morgan fingerprint density at radius 2 is 1.92 bits per heavy atom. The molecule has 1 unspecified atom stereocenters. The van der Waals surface area contributed by atoms with Crippen LogP contribution in [-0.2, 0) is 0 Å². The molecule has 25 heavy (non-hydrogen) atoms. The first-order valence-electron chi connectivity index (χ1n) is 8.11. The van der Waals surface area contributed by atoms with Gasteiger partial charge in [-0.25, -0.2) is 0 Å². The molecule has 1 amide bonds. The second-order valence-electron chi connectivity index (χ2n) is 6.11. The summed E-state index contributed by atoms with van der Waals surface area (Å²) in [4.78, 5) is 12.9. The van der Waals surface area contributed by atoms with Gasteiger partial charge in [0, 0.05) is 5.02 Å². The fourth-order valence-corrected chi connectivity index (χ4v) is 3.06. The average Bonchev–Trinajstić information content (AvgIpc) is 3.33. The summed E-state index contributed by atoms with van der Waals surface area (Å²) in [7, 11) is 0. The van der Waals surface area contributed by atoms with Crippen molar-refractivity contribution in [1.82, 2.24) is 25.5 Å². The molecule has 0 bridgehead atoms. The molecule has 126 valence electrons. The van der Waals surface area contributed by atoms with Gasteiger partial charge in [-0.3, -0.25) is 4.79 Å². The van der Waals surface area contributed by atoms with Crippen molar-refractivity contribution in [3.8, 4) is 5.69 Å². The minimum atomic E-state index is -0.141. The van der Waals surface area contributed by atoms with Crippen LogP contribution in [0.4, 0.5) is 0 Å². The molecule has 1 aromatic heterocycles. The monoisotopic (exact) mass is 353 g/mol. The molecule has 4 rings (SSSR count). The number of tetrazole rings is 1. The van der Waals surface area contributed by atoms with E-state index in [0.29, 0.717) is 22.2 Å². The highest BCUT2D eigenvalue weighted by atomic mass is 35.5. The first kappa shape index (κ1) is 15.8. The highest BCUT2D eigenvalue weighted by molar-refractivity contribution is 6.30. The molecule has 2 aromatic carbocycles. The summed E-state index contributed by atoms with van der Waals surface area (Å²) in [5, 5.41) is 15.0. The maximum absolute atomic E-state index is 12.9. The molecule has 7 heteroatoms. The van der Waals surface area contributed by atoms with E-state index >= 15 is 0 Å². The third-order valence-corrected chi connectivity index (χ3v) is 4.61. The van der Waals surface area contributed by atoms with Crippen LogP contribution in [-0.4, -0.2) is 26.1 Å². The van der Waals surface area contributed by atoms with E-state index in [1.54, 1.807) is 6.07 Å². The smallest absolute Gasteiger partial charge is 0.253 e. The third kappa shape index (κ3) is 3.39. The fraction of sp³-hybridized carbons (Fsp3) is 0.222. The van der Waals surface area contributed by atoms with Crippen molar-refractivity contribution in [2.24, 2.45) is 5.92 Å². The van der Waals surface area contributed by atoms with Crippen LogP contribution in [0.1, 0.15) is 34.8 Å². The summed E-state index contributed by atoms with van der Waals surface area (Å²) in [6.07, 6.45) is 3.70. The number of amides is 1. The first-order valence-corrected chi connectivity index (χ1v) is 8.49. The zero-order valence-electron chi connectivity index (χ0n) is 13.3. The molecule has 0 spiro atoms. The number of para-hydroxylation sites is 1. The van der Waals surface area contributed by atoms with Gasteiger partial charge in [-0.1, -0.05) is 35.9 Å². The number of aromatic nitrogens is 4. The van der Waals surface area contributed by atoms with E-state index in [-0.39, 0.29) is 11.9 Å². The number of halogens is 1. The topological polar surface area (TPSA) is 72.7 Å². The highest BCUT2D eigenvalue weighted by Crippen LogP contribution is 2.41. The average molecular weight is 354 g/mol. The summed E-state index contributed by atoms with van der Waals surface area (Å²) in [5.74, 6) is 0.322. The van der Waals surface area contributed by atoms with Crippen molar-refractivity contribution in [2.75, 3.05) is 0 Å². The molecule has 1 fully saturated rings. The van der Waals surface area contributed by atoms with Gasteiger partial charge in [-0.05, 0) is 59.0 Å². The molecule has 1 aliphatic rings. The third-order valence-electron chi connectivity index (χ3n) is 4.35. The van der Waals surface area contributed by atoms with E-state index in [4.69, 9.17) is 11.6 Å². The molecule has 1 atom stereocenters. The molecule has 1 saturated carbocycles. The van der Waals surface area contributed by atoms with Gasteiger partial charge in [0.25, 0.3) is 5.91 Å². The molecular formula is C18H16ClN5O. The molecule has 1 N–H and O–H groups in total. The predicted molar refractivity (Wildman–Crippen MR) is 93.5 cm³/mol. The Morgan fingerprint density at radius 3 is 2.60 bits per heavy atom. The second-order valence-corrected chi connectivity index (χ2v) is 6.55. The number of benzene rings is 2. The minimum absolute atomic E-state index is 0.0216. The van der Waals surface area contributed by atoms with Crippen molar-refractivity contribution >= 4 is 17.5 Å². The van der Waals surface area contributed by atoms with E-state index in [2.05, 4.69) is 20.8 Å². The minimum Gasteiger partial charge on any atom is -0.345 e. The van der Waals surface area contributed by atoms with Crippen molar-refractivity contribution in [1.29, 1.82) is 0 Å². The van der Waals surface area contributed by atoms with Crippen LogP contribution in [0.5, 0.6) is 0 Å². The fourth-order valence-electron chi connectivity index (χ4n) is 2.93. The van der Waals surface area contributed by atoms with Crippen molar-refractivity contribution in [3.63, 3.8) is 0 Å². The van der Waals surface area contributed by atoms with Crippen molar-refractivity contribution in [2.45, 2.75) is 18.9 Å². The Kier molecular flexibility index (Phi) is 4.19. The Hall–Kier alpha value is -2.73. The summed E-state index contributed by atoms with van der Waals surface area (Å²) in [5.41, 5.74) is 2.25. The number of rotatable bonds is 5. The number of carbonyl (C=O) groups excluding carboxylic acids is 1. The predicted octanol–water partition coefficient (Wildman–Crippen LogP) is 3.20. The number of nitrogens with zero attached hydrogens (tertiary/aromatic N) is 4. The molecule has 0 aliphatic heterocycles. The molecule has 0 saturated heterocycles. The van der Waals surface area contributed by atoms with Crippen LogP contribution < -0.4 is 5.32 Å². The molecule has 1 aliphatic carbocycles. The Balaban J connectivity index is 1.62. The van der Waals surface area contributed by atoms with Gasteiger partial charge in [-0.15, -0.1) is 5.10 Å². The van der Waals surface area contributed by atoms with Crippen LogP contribution in [0, 0.1) is 5.92 Å². The Labute approximate surface area is 149 Å². The quantitative estimate of drug-likeness (QED) is 0.764. The summed E-state index contributed by atoms with van der Waals surface area (Å²) < 4.78 is 1.49. The van der Waals surface area contributed by atoms with Crippen LogP contribution >= 0.6 is 11.6 Å². The number of nitrogens with one attached hydrogen (secondary N) is 1. The van der Waals surface area contributed by atoms with Gasteiger partial charge < -0.3 is 5.32 Å². The lowest BCUT2D eigenvalue weighted by atomic mass is 10.0. The van der Waals surface area contributed by atoms with Gasteiger partial charge in [0.05, 0.1) is 17.3 Å². The molecule has 6 nitrogen and oxygen atoms in total. The largest absolute Gasteiger partial charge is 0.345 e. The zero-order chi connectivity index (χ0) is 17.2. The zero-order valence-corrected chi connectivity index (χ0v) is 14.1. The van der Waals surface area contributed by atoms with Gasteiger partial charge in [-0.2, -0.15) is 4.68 Å². The summed E-state index contributed by atoms with van der Waals surface area (Å²) in [6, 6.07) is 14.9. The summed E-state index contributed by atoms with van der Waals surface area (Å²) in [6.45, 7) is 0.